The molecule has 0 aliphatic heterocycles. The van der Waals surface area contributed by atoms with Crippen LogP contribution in [0.4, 0.5) is 4.79 Å². The first kappa shape index (κ1) is 23.1. The van der Waals surface area contributed by atoms with E-state index in [0.717, 1.165) is 41.3 Å². The molecule has 0 saturated heterocycles. The minimum atomic E-state index is -4.12. The van der Waals surface area contributed by atoms with Crippen molar-refractivity contribution in [3.8, 4) is 22.1 Å². The van der Waals surface area contributed by atoms with Crippen LogP contribution in [-0.2, 0) is 27.7 Å². The highest BCUT2D eigenvalue weighted by molar-refractivity contribution is 7.92. The third-order valence-electron chi connectivity index (χ3n) is 4.67. The fourth-order valence-corrected chi connectivity index (χ4v) is 6.40. The van der Waals surface area contributed by atoms with Gasteiger partial charge in [0.2, 0.25) is 0 Å². The Balaban J connectivity index is 1.63. The highest BCUT2D eigenvalue weighted by atomic mass is 32.2. The molecule has 0 aliphatic rings. The number of carbonyl (C=O) groups is 1. The molecule has 9 nitrogen and oxygen atoms in total. The lowest BCUT2D eigenvalue weighted by Crippen LogP contribution is -2.30. The van der Waals surface area contributed by atoms with E-state index in [1.54, 1.807) is 12.4 Å². The average Bonchev–Trinajstić information content (AvgIpc) is 3.55. The number of thiazole rings is 2. The summed E-state index contributed by atoms with van der Waals surface area (Å²) in [5.74, 6) is 0.792. The van der Waals surface area contributed by atoms with Crippen molar-refractivity contribution in [2.75, 3.05) is 7.11 Å². The number of rotatable bonds is 8. The van der Waals surface area contributed by atoms with Crippen LogP contribution in [0.1, 0.15) is 23.9 Å². The summed E-state index contributed by atoms with van der Waals surface area (Å²) in [5, 5.41) is 3.44. The van der Waals surface area contributed by atoms with Gasteiger partial charge in [-0.2, -0.15) is 0 Å². The zero-order valence-electron chi connectivity index (χ0n) is 17.9. The monoisotopic (exact) mass is 503 g/mol. The number of imidazole rings is 1. The summed E-state index contributed by atoms with van der Waals surface area (Å²) >= 11 is 2.58. The second-order valence-electron chi connectivity index (χ2n) is 7.00. The van der Waals surface area contributed by atoms with Gasteiger partial charge in [-0.25, -0.2) is 32.9 Å². The Morgan fingerprint density at radius 1 is 1.18 bits per heavy atom. The molecule has 4 aromatic rings. The van der Waals surface area contributed by atoms with Gasteiger partial charge in [-0.1, -0.05) is 31.2 Å². The van der Waals surface area contributed by atoms with Crippen LogP contribution in [0.15, 0.2) is 52.4 Å². The molecule has 0 saturated carbocycles. The lowest BCUT2D eigenvalue weighted by Gasteiger charge is -2.08. The molecule has 1 aromatic carbocycles. The highest BCUT2D eigenvalue weighted by Gasteiger charge is 2.27. The minimum absolute atomic E-state index is 0.00948. The van der Waals surface area contributed by atoms with Crippen molar-refractivity contribution in [1.29, 1.82) is 0 Å². The maximum atomic E-state index is 12.8. The number of aryl methyl sites for hydroxylation is 1. The van der Waals surface area contributed by atoms with Crippen LogP contribution >= 0.6 is 22.7 Å². The first-order chi connectivity index (χ1) is 15.9. The van der Waals surface area contributed by atoms with E-state index in [1.807, 2.05) is 52.1 Å². The third-order valence-corrected chi connectivity index (χ3v) is 8.37. The second kappa shape index (κ2) is 9.81. The maximum Gasteiger partial charge on any atom is 0.420 e. The van der Waals surface area contributed by atoms with E-state index in [0.29, 0.717) is 29.2 Å². The molecule has 12 heteroatoms. The molecule has 1 N–H and O–H groups in total. The van der Waals surface area contributed by atoms with E-state index in [4.69, 9.17) is 0 Å². The molecule has 0 bridgehead atoms. The van der Waals surface area contributed by atoms with E-state index in [1.165, 1.54) is 11.3 Å². The number of sulfonamides is 1. The lowest BCUT2D eigenvalue weighted by atomic mass is 10.1. The molecule has 33 heavy (non-hydrogen) atoms. The number of methoxy groups -OCH3 is 1. The number of benzene rings is 1. The summed E-state index contributed by atoms with van der Waals surface area (Å²) in [4.78, 5) is 24.8. The average molecular weight is 504 g/mol. The van der Waals surface area contributed by atoms with Crippen molar-refractivity contribution in [2.24, 2.45) is 0 Å². The van der Waals surface area contributed by atoms with Crippen LogP contribution in [0.25, 0.3) is 22.1 Å². The molecule has 0 unspecified atom stereocenters. The van der Waals surface area contributed by atoms with E-state index in [9.17, 15) is 13.2 Å². The zero-order chi connectivity index (χ0) is 23.4. The molecule has 0 radical (unpaired) electrons. The SMILES string of the molecule is CCCc1nc(-c2ccc(Cn3ccnc3-c3nccs3)cc2)c(S(=O)(=O)NC(=O)OC)s1. The Bertz CT molecular complexity index is 1340. The summed E-state index contributed by atoms with van der Waals surface area (Å²) in [6.07, 6.45) is 5.80. The maximum absolute atomic E-state index is 12.8. The minimum Gasteiger partial charge on any atom is -0.452 e. The van der Waals surface area contributed by atoms with Gasteiger partial charge in [-0.05, 0) is 18.4 Å². The molecule has 0 aliphatic carbocycles. The van der Waals surface area contributed by atoms with Gasteiger partial charge >= 0.3 is 6.09 Å². The van der Waals surface area contributed by atoms with Gasteiger partial charge in [-0.3, -0.25) is 0 Å². The Hall–Kier alpha value is -3.09. The van der Waals surface area contributed by atoms with E-state index < -0.39 is 16.1 Å². The van der Waals surface area contributed by atoms with Crippen LogP contribution < -0.4 is 4.72 Å². The molecule has 0 atom stereocenters. The van der Waals surface area contributed by atoms with Crippen molar-refractivity contribution < 1.29 is 17.9 Å². The van der Waals surface area contributed by atoms with Gasteiger partial charge in [0.25, 0.3) is 10.0 Å². The van der Waals surface area contributed by atoms with Crippen molar-refractivity contribution in [3.05, 3.63) is 58.8 Å². The van der Waals surface area contributed by atoms with Gasteiger partial charge in [-0.15, -0.1) is 22.7 Å². The zero-order valence-corrected chi connectivity index (χ0v) is 20.3. The van der Waals surface area contributed by atoms with E-state index >= 15 is 0 Å². The molecule has 3 aromatic heterocycles. The molecule has 172 valence electrons. The standard InChI is InChI=1S/C21H21N5O4S3/c1-3-4-16-24-17(20(32-16)33(28,29)25-21(27)30-2)15-7-5-14(6-8-15)13-26-11-9-22-18(26)19-23-10-12-31-19/h5-12H,3-4,13H2,1-2H3,(H,25,27). The molecule has 1 amide bonds. The summed E-state index contributed by atoms with van der Waals surface area (Å²) in [7, 11) is -3.01. The van der Waals surface area contributed by atoms with Gasteiger partial charge in [0.1, 0.15) is 5.69 Å². The van der Waals surface area contributed by atoms with Crippen molar-refractivity contribution >= 4 is 38.8 Å². The summed E-state index contributed by atoms with van der Waals surface area (Å²) in [5.41, 5.74) is 1.97. The fraction of sp³-hybridized carbons (Fsp3) is 0.238. The number of nitrogens with zero attached hydrogens (tertiary/aromatic N) is 4. The predicted octanol–water partition coefficient (Wildman–Crippen LogP) is 4.18. The molecule has 0 fully saturated rings. The third kappa shape index (κ3) is 5.13. The van der Waals surface area contributed by atoms with Gasteiger partial charge < -0.3 is 9.30 Å². The van der Waals surface area contributed by atoms with E-state index in [2.05, 4.69) is 19.7 Å². The lowest BCUT2D eigenvalue weighted by molar-refractivity contribution is 0.177. The number of carbonyl (C=O) groups excluding carboxylic acids is 1. The number of amides is 1. The predicted molar refractivity (Wildman–Crippen MR) is 127 cm³/mol. The van der Waals surface area contributed by atoms with Crippen LogP contribution in [0.5, 0.6) is 0 Å². The summed E-state index contributed by atoms with van der Waals surface area (Å²) in [6.45, 7) is 2.58. The van der Waals surface area contributed by atoms with Crippen molar-refractivity contribution in [2.45, 2.75) is 30.5 Å². The summed E-state index contributed by atoms with van der Waals surface area (Å²) in [6, 6.07) is 7.50. The number of hydrogen-bond donors (Lipinski definition) is 1. The smallest absolute Gasteiger partial charge is 0.420 e. The number of hydrogen-bond acceptors (Lipinski definition) is 9. The first-order valence-corrected chi connectivity index (χ1v) is 13.2. The Morgan fingerprint density at radius 2 is 1.97 bits per heavy atom. The number of nitrogens with one attached hydrogen (secondary N) is 1. The fourth-order valence-electron chi connectivity index (χ4n) is 3.16. The quantitative estimate of drug-likeness (QED) is 0.383. The Labute approximate surface area is 199 Å². The largest absolute Gasteiger partial charge is 0.452 e. The normalized spacial score (nSPS) is 11.5. The molecule has 0 spiro atoms. The van der Waals surface area contributed by atoms with Gasteiger partial charge in [0, 0.05) is 36.1 Å². The van der Waals surface area contributed by atoms with Crippen LogP contribution in [0.2, 0.25) is 0 Å². The Morgan fingerprint density at radius 3 is 2.64 bits per heavy atom. The highest BCUT2D eigenvalue weighted by Crippen LogP contribution is 2.33. The van der Waals surface area contributed by atoms with Crippen LogP contribution in [-0.4, -0.2) is 41.1 Å². The number of ether oxygens (including phenoxy) is 1. The van der Waals surface area contributed by atoms with Gasteiger partial charge in [0.05, 0.1) is 12.1 Å². The summed E-state index contributed by atoms with van der Waals surface area (Å²) < 4.78 is 33.9. The van der Waals surface area contributed by atoms with Crippen LogP contribution in [0, 0.1) is 0 Å². The molecular weight excluding hydrogens is 482 g/mol. The van der Waals surface area contributed by atoms with Gasteiger partial charge in [0.15, 0.2) is 15.0 Å². The topological polar surface area (TPSA) is 116 Å². The molecular formula is C21H21N5O4S3. The second-order valence-corrected chi connectivity index (χ2v) is 10.9. The van der Waals surface area contributed by atoms with Crippen molar-refractivity contribution in [1.82, 2.24) is 24.2 Å². The molecule has 4 rings (SSSR count). The molecule has 3 heterocycles. The first-order valence-electron chi connectivity index (χ1n) is 10.0. The Kier molecular flexibility index (Phi) is 6.86. The number of aromatic nitrogens is 4. The van der Waals surface area contributed by atoms with Crippen LogP contribution in [0.3, 0.4) is 0 Å². The van der Waals surface area contributed by atoms with E-state index in [-0.39, 0.29) is 4.21 Å². The van der Waals surface area contributed by atoms with Crippen molar-refractivity contribution in [3.63, 3.8) is 0 Å².